The van der Waals surface area contributed by atoms with Crippen LogP contribution in [0.3, 0.4) is 0 Å². The fourth-order valence-corrected chi connectivity index (χ4v) is 3.24. The first kappa shape index (κ1) is 22.7. The zero-order chi connectivity index (χ0) is 23.9. The summed E-state index contributed by atoms with van der Waals surface area (Å²) in [4.78, 5) is 21.0. The number of carbonyl (C=O) groups is 1. The van der Waals surface area contributed by atoms with Crippen molar-refractivity contribution < 1.29 is 23.4 Å². The molecule has 0 saturated heterocycles. The number of nitrogens with one attached hydrogen (secondary N) is 1. The van der Waals surface area contributed by atoms with Crippen molar-refractivity contribution in [3.63, 3.8) is 0 Å². The van der Waals surface area contributed by atoms with Gasteiger partial charge in [-0.25, -0.2) is 14.4 Å². The van der Waals surface area contributed by atoms with Crippen LogP contribution in [0.25, 0.3) is 11.1 Å². The molecule has 34 heavy (non-hydrogen) atoms. The van der Waals surface area contributed by atoms with E-state index >= 15 is 0 Å². The van der Waals surface area contributed by atoms with E-state index in [1.54, 1.807) is 50.9 Å². The molecule has 0 aliphatic rings. The number of ether oxygens (including phenoxy) is 3. The SMILES string of the molecule is COc1ccc(OC)c(CNC(=O)c2ccc(-c3cnc(Oc4ccc(F)cc4)nc3)cc2)c1. The summed E-state index contributed by atoms with van der Waals surface area (Å²) in [6.45, 7) is 0.296. The first-order valence-corrected chi connectivity index (χ1v) is 10.4. The predicted octanol–water partition coefficient (Wildman–Crippen LogP) is 5.02. The van der Waals surface area contributed by atoms with Gasteiger partial charge in [0.1, 0.15) is 23.1 Å². The minimum Gasteiger partial charge on any atom is -0.497 e. The highest BCUT2D eigenvalue weighted by molar-refractivity contribution is 5.94. The number of carbonyl (C=O) groups excluding carboxylic acids is 1. The van der Waals surface area contributed by atoms with Gasteiger partial charge in [0.25, 0.3) is 5.91 Å². The molecule has 0 bridgehead atoms. The summed E-state index contributed by atoms with van der Waals surface area (Å²) < 4.78 is 29.1. The summed E-state index contributed by atoms with van der Waals surface area (Å²) in [5.74, 6) is 1.24. The van der Waals surface area contributed by atoms with E-state index in [1.165, 1.54) is 24.3 Å². The molecule has 172 valence electrons. The molecule has 0 aliphatic carbocycles. The van der Waals surface area contributed by atoms with Gasteiger partial charge in [-0.1, -0.05) is 12.1 Å². The molecule has 0 unspecified atom stereocenters. The van der Waals surface area contributed by atoms with Crippen molar-refractivity contribution in [1.29, 1.82) is 0 Å². The smallest absolute Gasteiger partial charge is 0.321 e. The van der Waals surface area contributed by atoms with Crippen LogP contribution in [0.15, 0.2) is 79.1 Å². The van der Waals surface area contributed by atoms with Gasteiger partial charge in [-0.05, 0) is 60.2 Å². The van der Waals surface area contributed by atoms with E-state index in [0.29, 0.717) is 29.4 Å². The number of hydrogen-bond donors (Lipinski definition) is 1. The Labute approximate surface area is 196 Å². The highest BCUT2D eigenvalue weighted by atomic mass is 19.1. The van der Waals surface area contributed by atoms with Crippen LogP contribution in [0.1, 0.15) is 15.9 Å². The quantitative estimate of drug-likeness (QED) is 0.398. The maximum absolute atomic E-state index is 13.0. The van der Waals surface area contributed by atoms with Gasteiger partial charge in [-0.3, -0.25) is 4.79 Å². The van der Waals surface area contributed by atoms with Crippen LogP contribution in [-0.4, -0.2) is 30.1 Å². The molecule has 0 atom stereocenters. The highest BCUT2D eigenvalue weighted by Gasteiger charge is 2.10. The molecule has 0 aliphatic heterocycles. The zero-order valence-electron chi connectivity index (χ0n) is 18.6. The number of hydrogen-bond acceptors (Lipinski definition) is 6. The van der Waals surface area contributed by atoms with Gasteiger partial charge >= 0.3 is 6.01 Å². The van der Waals surface area contributed by atoms with Crippen molar-refractivity contribution in [2.24, 2.45) is 0 Å². The molecule has 0 fully saturated rings. The third-order valence-corrected chi connectivity index (χ3v) is 5.06. The van der Waals surface area contributed by atoms with Crippen LogP contribution in [0.4, 0.5) is 4.39 Å². The van der Waals surface area contributed by atoms with Crippen LogP contribution in [-0.2, 0) is 6.54 Å². The lowest BCUT2D eigenvalue weighted by molar-refractivity contribution is 0.0950. The Morgan fingerprint density at radius 3 is 2.18 bits per heavy atom. The summed E-state index contributed by atoms with van der Waals surface area (Å²) in [5.41, 5.74) is 2.94. The summed E-state index contributed by atoms with van der Waals surface area (Å²) in [6, 6.07) is 18.3. The lowest BCUT2D eigenvalue weighted by Crippen LogP contribution is -2.23. The largest absolute Gasteiger partial charge is 0.497 e. The van der Waals surface area contributed by atoms with Gasteiger partial charge in [0.15, 0.2) is 0 Å². The number of nitrogens with zero attached hydrogens (tertiary/aromatic N) is 2. The van der Waals surface area contributed by atoms with Crippen LogP contribution >= 0.6 is 0 Å². The number of benzene rings is 3. The molecule has 1 heterocycles. The van der Waals surface area contributed by atoms with E-state index in [1.807, 2.05) is 18.2 Å². The van der Waals surface area contributed by atoms with Gasteiger partial charge in [0, 0.05) is 35.6 Å². The molecule has 8 heteroatoms. The van der Waals surface area contributed by atoms with Crippen LogP contribution < -0.4 is 19.5 Å². The van der Waals surface area contributed by atoms with Gasteiger partial charge < -0.3 is 19.5 Å². The number of amides is 1. The lowest BCUT2D eigenvalue weighted by Gasteiger charge is -2.12. The van der Waals surface area contributed by atoms with Crippen LogP contribution in [0, 0.1) is 5.82 Å². The lowest BCUT2D eigenvalue weighted by atomic mass is 10.1. The number of halogens is 1. The topological polar surface area (TPSA) is 82.6 Å². The van der Waals surface area contributed by atoms with E-state index < -0.39 is 0 Å². The van der Waals surface area contributed by atoms with E-state index in [0.717, 1.165) is 16.7 Å². The Bertz CT molecular complexity index is 1260. The number of rotatable bonds is 8. The van der Waals surface area contributed by atoms with Crippen molar-refractivity contribution in [3.8, 4) is 34.4 Å². The minimum absolute atomic E-state index is 0.152. The third kappa shape index (κ3) is 5.47. The second-order valence-electron chi connectivity index (χ2n) is 7.25. The molecule has 0 saturated carbocycles. The van der Waals surface area contributed by atoms with Gasteiger partial charge in [0.05, 0.1) is 14.2 Å². The standard InChI is InChI=1S/C26H22FN3O4/c1-32-23-11-12-24(33-2)19(13-23)14-28-25(31)18-5-3-17(4-6-18)20-15-29-26(30-16-20)34-22-9-7-21(27)8-10-22/h3-13,15-16H,14H2,1-2H3,(H,28,31). The van der Waals surface area contributed by atoms with Gasteiger partial charge in [0.2, 0.25) is 0 Å². The Morgan fingerprint density at radius 2 is 1.53 bits per heavy atom. The predicted molar refractivity (Wildman–Crippen MR) is 125 cm³/mol. The molecule has 3 aromatic carbocycles. The fourth-order valence-electron chi connectivity index (χ4n) is 3.24. The molecule has 1 aromatic heterocycles. The van der Waals surface area contributed by atoms with Crippen molar-refractivity contribution in [2.75, 3.05) is 14.2 Å². The van der Waals surface area contributed by atoms with Crippen molar-refractivity contribution in [1.82, 2.24) is 15.3 Å². The summed E-state index contributed by atoms with van der Waals surface area (Å²) in [5, 5.41) is 2.90. The van der Waals surface area contributed by atoms with Crippen LogP contribution in [0.2, 0.25) is 0 Å². The van der Waals surface area contributed by atoms with E-state index in [4.69, 9.17) is 14.2 Å². The Kier molecular flexibility index (Phi) is 6.98. The van der Waals surface area contributed by atoms with E-state index in [2.05, 4.69) is 15.3 Å². The Balaban J connectivity index is 1.39. The molecule has 4 aromatic rings. The first-order valence-electron chi connectivity index (χ1n) is 10.4. The normalized spacial score (nSPS) is 10.4. The second-order valence-corrected chi connectivity index (χ2v) is 7.25. The average molecular weight is 459 g/mol. The van der Waals surface area contributed by atoms with Gasteiger partial charge in [-0.2, -0.15) is 0 Å². The molecular weight excluding hydrogens is 437 g/mol. The molecule has 0 radical (unpaired) electrons. The van der Waals surface area contributed by atoms with E-state index in [-0.39, 0.29) is 17.7 Å². The summed E-state index contributed by atoms with van der Waals surface area (Å²) >= 11 is 0. The maximum atomic E-state index is 13.0. The zero-order valence-corrected chi connectivity index (χ0v) is 18.6. The summed E-state index contributed by atoms with van der Waals surface area (Å²) in [6.07, 6.45) is 3.24. The van der Waals surface area contributed by atoms with Gasteiger partial charge in [-0.15, -0.1) is 0 Å². The minimum atomic E-state index is -0.347. The molecule has 1 amide bonds. The number of methoxy groups -OCH3 is 2. The first-order chi connectivity index (χ1) is 16.6. The summed E-state index contributed by atoms with van der Waals surface area (Å²) in [7, 11) is 3.17. The Morgan fingerprint density at radius 1 is 0.853 bits per heavy atom. The maximum Gasteiger partial charge on any atom is 0.321 e. The Hall–Kier alpha value is -4.46. The van der Waals surface area contributed by atoms with E-state index in [9.17, 15) is 9.18 Å². The second kappa shape index (κ2) is 10.4. The van der Waals surface area contributed by atoms with Crippen LogP contribution in [0.5, 0.6) is 23.3 Å². The van der Waals surface area contributed by atoms with Crippen molar-refractivity contribution >= 4 is 5.91 Å². The fraction of sp³-hybridized carbons (Fsp3) is 0.115. The molecule has 4 rings (SSSR count). The molecular formula is C26H22FN3O4. The number of aromatic nitrogens is 2. The highest BCUT2D eigenvalue weighted by Crippen LogP contribution is 2.24. The molecule has 0 spiro atoms. The van der Waals surface area contributed by atoms with Crippen molar-refractivity contribution in [3.05, 3.63) is 96.1 Å². The molecule has 1 N–H and O–H groups in total. The average Bonchev–Trinajstić information content (AvgIpc) is 2.89. The molecule has 7 nitrogen and oxygen atoms in total. The van der Waals surface area contributed by atoms with Crippen molar-refractivity contribution in [2.45, 2.75) is 6.54 Å². The third-order valence-electron chi connectivity index (χ3n) is 5.06. The monoisotopic (exact) mass is 459 g/mol.